The number of hydrogen-bond donors (Lipinski definition) is 1. The van der Waals surface area contributed by atoms with E-state index in [0.29, 0.717) is 37.7 Å². The number of carbonyl (C=O) groups is 1. The summed E-state index contributed by atoms with van der Waals surface area (Å²) >= 11 is 0. The van der Waals surface area contributed by atoms with E-state index in [1.807, 2.05) is 60.4 Å². The Balaban J connectivity index is 1.48. The van der Waals surface area contributed by atoms with Gasteiger partial charge in [0.25, 0.3) is 0 Å². The molecule has 2 aliphatic rings. The Labute approximate surface area is 171 Å². The van der Waals surface area contributed by atoms with Gasteiger partial charge >= 0.3 is 6.03 Å². The largest absolute Gasteiger partial charge is 0.455 e. The van der Waals surface area contributed by atoms with Gasteiger partial charge in [0, 0.05) is 31.7 Å². The predicted molar refractivity (Wildman–Crippen MR) is 112 cm³/mol. The Morgan fingerprint density at radius 1 is 1.07 bits per heavy atom. The van der Waals surface area contributed by atoms with E-state index in [1.165, 1.54) is 0 Å². The standard InChI is InChI=1S/C23H28N2O4/c1-18-5-4-6-19(15-18)29-21-8-3-2-7-20(21)24-22(26)25-11-14-28-17-23(16-25)9-12-27-13-10-23/h2-8,15H,9-14,16-17H2,1H3,(H,24,26). The van der Waals surface area contributed by atoms with Gasteiger partial charge in [-0.3, -0.25) is 0 Å². The Bertz CT molecular complexity index is 848. The third-order valence-corrected chi connectivity index (χ3v) is 5.63. The van der Waals surface area contributed by atoms with Crippen LogP contribution in [0.4, 0.5) is 10.5 Å². The molecule has 2 amide bonds. The summed E-state index contributed by atoms with van der Waals surface area (Å²) in [4.78, 5) is 14.9. The molecule has 0 unspecified atom stereocenters. The van der Waals surface area contributed by atoms with Crippen molar-refractivity contribution in [2.24, 2.45) is 5.41 Å². The van der Waals surface area contributed by atoms with Gasteiger partial charge in [0.15, 0.2) is 5.75 Å². The summed E-state index contributed by atoms with van der Waals surface area (Å²) in [5.74, 6) is 1.37. The van der Waals surface area contributed by atoms with E-state index in [2.05, 4.69) is 5.32 Å². The van der Waals surface area contributed by atoms with Crippen molar-refractivity contribution in [1.29, 1.82) is 0 Å². The van der Waals surface area contributed by atoms with Gasteiger partial charge in [0.2, 0.25) is 0 Å². The number of rotatable bonds is 3. The van der Waals surface area contributed by atoms with Crippen molar-refractivity contribution in [3.63, 3.8) is 0 Å². The zero-order valence-corrected chi connectivity index (χ0v) is 16.9. The average molecular weight is 396 g/mol. The normalized spacial score (nSPS) is 18.9. The third kappa shape index (κ3) is 4.89. The number of ether oxygens (including phenoxy) is 3. The number of aryl methyl sites for hydroxylation is 1. The van der Waals surface area contributed by atoms with Crippen molar-refractivity contribution in [2.45, 2.75) is 19.8 Å². The van der Waals surface area contributed by atoms with E-state index in [4.69, 9.17) is 14.2 Å². The van der Waals surface area contributed by atoms with Gasteiger partial charge in [0.1, 0.15) is 5.75 Å². The number of amides is 2. The molecule has 6 heteroatoms. The highest BCUT2D eigenvalue weighted by molar-refractivity contribution is 5.91. The van der Waals surface area contributed by atoms with Crippen molar-refractivity contribution in [2.75, 3.05) is 44.8 Å². The summed E-state index contributed by atoms with van der Waals surface area (Å²) in [5.41, 5.74) is 1.77. The van der Waals surface area contributed by atoms with Crippen LogP contribution in [0.5, 0.6) is 11.5 Å². The second kappa shape index (κ2) is 8.84. The number of para-hydroxylation sites is 2. The zero-order chi connectivity index (χ0) is 20.1. The molecule has 2 aliphatic heterocycles. The summed E-state index contributed by atoms with van der Waals surface area (Å²) in [6.07, 6.45) is 1.84. The number of hydrogen-bond acceptors (Lipinski definition) is 4. The number of nitrogens with zero attached hydrogens (tertiary/aromatic N) is 1. The minimum atomic E-state index is -0.123. The van der Waals surface area contributed by atoms with Crippen LogP contribution in [-0.2, 0) is 9.47 Å². The topological polar surface area (TPSA) is 60.0 Å². The maximum Gasteiger partial charge on any atom is 0.322 e. The fourth-order valence-corrected chi connectivity index (χ4v) is 3.93. The lowest BCUT2D eigenvalue weighted by atomic mass is 9.80. The Morgan fingerprint density at radius 3 is 2.72 bits per heavy atom. The minimum absolute atomic E-state index is 0.0102. The van der Waals surface area contributed by atoms with Gasteiger partial charge in [-0.25, -0.2) is 4.79 Å². The molecule has 0 aliphatic carbocycles. The first kappa shape index (κ1) is 19.7. The lowest BCUT2D eigenvalue weighted by molar-refractivity contribution is -0.0292. The lowest BCUT2D eigenvalue weighted by Crippen LogP contribution is -2.46. The van der Waals surface area contributed by atoms with Crippen molar-refractivity contribution in [3.8, 4) is 11.5 Å². The molecule has 0 saturated carbocycles. The molecule has 154 valence electrons. The SMILES string of the molecule is Cc1cccc(Oc2ccccc2NC(=O)N2CCOCC3(CCOCC3)C2)c1. The summed E-state index contributed by atoms with van der Waals surface area (Å²) in [7, 11) is 0. The van der Waals surface area contributed by atoms with Crippen LogP contribution in [0.2, 0.25) is 0 Å². The molecular weight excluding hydrogens is 368 g/mol. The van der Waals surface area contributed by atoms with Crippen LogP contribution in [0.25, 0.3) is 0 Å². The Hall–Kier alpha value is -2.57. The van der Waals surface area contributed by atoms with E-state index in [1.54, 1.807) is 0 Å². The Kier molecular flexibility index (Phi) is 6.02. The molecule has 4 rings (SSSR count). The summed E-state index contributed by atoms with van der Waals surface area (Å²) in [6, 6.07) is 15.3. The molecule has 2 heterocycles. The monoisotopic (exact) mass is 396 g/mol. The zero-order valence-electron chi connectivity index (χ0n) is 16.9. The lowest BCUT2D eigenvalue weighted by Gasteiger charge is -2.38. The highest BCUT2D eigenvalue weighted by Gasteiger charge is 2.38. The number of anilines is 1. The van der Waals surface area contributed by atoms with Crippen LogP contribution in [-0.4, -0.2) is 50.4 Å². The van der Waals surface area contributed by atoms with Crippen molar-refractivity contribution in [1.82, 2.24) is 4.90 Å². The molecule has 0 atom stereocenters. The molecule has 2 fully saturated rings. The van der Waals surface area contributed by atoms with E-state index in [-0.39, 0.29) is 11.4 Å². The van der Waals surface area contributed by atoms with E-state index >= 15 is 0 Å². The quantitative estimate of drug-likeness (QED) is 0.833. The molecule has 2 aromatic rings. The number of nitrogens with one attached hydrogen (secondary N) is 1. The maximum absolute atomic E-state index is 13.1. The van der Waals surface area contributed by atoms with Crippen LogP contribution >= 0.6 is 0 Å². The molecular formula is C23H28N2O4. The molecule has 1 spiro atoms. The second-order valence-electron chi connectivity index (χ2n) is 7.93. The number of carbonyl (C=O) groups excluding carboxylic acids is 1. The summed E-state index contributed by atoms with van der Waals surface area (Å²) in [5, 5.41) is 3.04. The summed E-state index contributed by atoms with van der Waals surface area (Å²) in [6.45, 7) is 5.98. The van der Waals surface area contributed by atoms with Gasteiger partial charge < -0.3 is 24.4 Å². The van der Waals surface area contributed by atoms with Gasteiger partial charge in [0.05, 0.1) is 18.9 Å². The number of urea groups is 1. The maximum atomic E-state index is 13.1. The first-order valence-corrected chi connectivity index (χ1v) is 10.2. The van der Waals surface area contributed by atoms with Gasteiger partial charge in [-0.15, -0.1) is 0 Å². The Morgan fingerprint density at radius 2 is 1.90 bits per heavy atom. The van der Waals surface area contributed by atoms with Crippen LogP contribution in [0.15, 0.2) is 48.5 Å². The van der Waals surface area contributed by atoms with Crippen LogP contribution in [0.3, 0.4) is 0 Å². The fraction of sp³-hybridized carbons (Fsp3) is 0.435. The van der Waals surface area contributed by atoms with Gasteiger partial charge in [-0.2, -0.15) is 0 Å². The fourth-order valence-electron chi connectivity index (χ4n) is 3.93. The highest BCUT2D eigenvalue weighted by Crippen LogP contribution is 2.34. The highest BCUT2D eigenvalue weighted by atomic mass is 16.5. The van der Waals surface area contributed by atoms with Crippen LogP contribution in [0, 0.1) is 12.3 Å². The molecule has 0 aromatic heterocycles. The molecule has 0 bridgehead atoms. The smallest absolute Gasteiger partial charge is 0.322 e. The van der Waals surface area contributed by atoms with Crippen molar-refractivity contribution in [3.05, 3.63) is 54.1 Å². The summed E-state index contributed by atoms with van der Waals surface area (Å²) < 4.78 is 17.4. The van der Waals surface area contributed by atoms with Gasteiger partial charge in [-0.05, 0) is 49.6 Å². The first-order chi connectivity index (χ1) is 14.1. The molecule has 1 N–H and O–H groups in total. The van der Waals surface area contributed by atoms with E-state index in [9.17, 15) is 4.79 Å². The number of benzene rings is 2. The van der Waals surface area contributed by atoms with E-state index < -0.39 is 0 Å². The molecule has 2 saturated heterocycles. The minimum Gasteiger partial charge on any atom is -0.455 e. The predicted octanol–water partition coefficient (Wildman–Crippen LogP) is 4.45. The van der Waals surface area contributed by atoms with E-state index in [0.717, 1.165) is 37.4 Å². The van der Waals surface area contributed by atoms with Crippen LogP contribution < -0.4 is 10.1 Å². The molecule has 29 heavy (non-hydrogen) atoms. The van der Waals surface area contributed by atoms with Crippen molar-refractivity contribution >= 4 is 11.7 Å². The van der Waals surface area contributed by atoms with Gasteiger partial charge in [-0.1, -0.05) is 24.3 Å². The molecule has 2 aromatic carbocycles. The third-order valence-electron chi connectivity index (χ3n) is 5.63. The second-order valence-corrected chi connectivity index (χ2v) is 7.93. The average Bonchev–Trinajstić information content (AvgIpc) is 2.93. The molecule has 6 nitrogen and oxygen atoms in total. The first-order valence-electron chi connectivity index (χ1n) is 10.2. The van der Waals surface area contributed by atoms with Crippen LogP contribution in [0.1, 0.15) is 18.4 Å². The molecule has 0 radical (unpaired) electrons. The van der Waals surface area contributed by atoms with Crippen molar-refractivity contribution < 1.29 is 19.0 Å².